The highest BCUT2D eigenvalue weighted by Crippen LogP contribution is 2.20. The van der Waals surface area contributed by atoms with Crippen LogP contribution in [0, 0.1) is 5.82 Å². The van der Waals surface area contributed by atoms with Crippen molar-refractivity contribution in [1.82, 2.24) is 5.32 Å². The molecule has 1 rings (SSSR count). The topological polar surface area (TPSA) is 21.3 Å². The molecule has 0 fully saturated rings. The molecule has 4 heteroatoms. The molecule has 1 aromatic carbocycles. The van der Waals surface area contributed by atoms with Gasteiger partial charge >= 0.3 is 0 Å². The lowest BCUT2D eigenvalue weighted by Crippen LogP contribution is -2.33. The average Bonchev–Trinajstić information content (AvgIpc) is 2.39. The lowest BCUT2D eigenvalue weighted by molar-refractivity contribution is 0.136. The first-order chi connectivity index (χ1) is 9.17. The third kappa shape index (κ3) is 6.50. The predicted molar refractivity (Wildman–Crippen MR) is 81.0 cm³/mol. The van der Waals surface area contributed by atoms with Gasteiger partial charge in [-0.2, -0.15) is 0 Å². The Balaban J connectivity index is 2.58. The Kier molecular flexibility index (Phi) is 8.26. The summed E-state index contributed by atoms with van der Waals surface area (Å²) in [6, 6.07) is 5.25. The molecule has 0 bridgehead atoms. The number of hydrogen-bond donors (Lipinski definition) is 1. The zero-order valence-corrected chi connectivity index (χ0v) is 13.3. The summed E-state index contributed by atoms with van der Waals surface area (Å²) in [5, 5.41) is 3.52. The van der Waals surface area contributed by atoms with Crippen molar-refractivity contribution in [3.05, 3.63) is 34.1 Å². The van der Waals surface area contributed by atoms with Gasteiger partial charge in [-0.05, 0) is 50.4 Å². The fourth-order valence-corrected chi connectivity index (χ4v) is 2.46. The monoisotopic (exact) mass is 331 g/mol. The quantitative estimate of drug-likeness (QED) is 0.692. The first-order valence-corrected chi connectivity index (χ1v) is 7.71. The van der Waals surface area contributed by atoms with Gasteiger partial charge in [-0.3, -0.25) is 0 Å². The maximum absolute atomic E-state index is 13.1. The average molecular weight is 332 g/mol. The van der Waals surface area contributed by atoms with E-state index in [4.69, 9.17) is 4.74 Å². The van der Waals surface area contributed by atoms with E-state index in [9.17, 15) is 4.39 Å². The van der Waals surface area contributed by atoms with Gasteiger partial charge < -0.3 is 10.1 Å². The van der Waals surface area contributed by atoms with Crippen LogP contribution in [0.2, 0.25) is 0 Å². The van der Waals surface area contributed by atoms with Crippen LogP contribution >= 0.6 is 15.9 Å². The molecule has 0 aliphatic heterocycles. The summed E-state index contributed by atoms with van der Waals surface area (Å²) in [5.74, 6) is -0.206. The minimum Gasteiger partial charge on any atom is -0.382 e. The summed E-state index contributed by atoms with van der Waals surface area (Å²) in [4.78, 5) is 0. The summed E-state index contributed by atoms with van der Waals surface area (Å²) in [7, 11) is 0. The minimum atomic E-state index is -0.206. The van der Waals surface area contributed by atoms with Crippen LogP contribution in [0.5, 0.6) is 0 Å². The summed E-state index contributed by atoms with van der Waals surface area (Å²) in [5.41, 5.74) is 1.13. The Morgan fingerprint density at radius 2 is 2.16 bits per heavy atom. The molecule has 0 saturated heterocycles. The van der Waals surface area contributed by atoms with Crippen molar-refractivity contribution in [1.29, 1.82) is 0 Å². The molecular formula is C15H23BrFNO. The number of benzene rings is 1. The number of ether oxygens (including phenoxy) is 1. The molecule has 0 saturated carbocycles. The second kappa shape index (κ2) is 9.45. The van der Waals surface area contributed by atoms with Crippen molar-refractivity contribution in [3.63, 3.8) is 0 Å². The Labute approximate surface area is 123 Å². The third-order valence-corrected chi connectivity index (χ3v) is 3.72. The lowest BCUT2D eigenvalue weighted by atomic mass is 10.0. The van der Waals surface area contributed by atoms with Crippen LogP contribution in [-0.2, 0) is 11.2 Å². The maximum atomic E-state index is 13.1. The van der Waals surface area contributed by atoms with E-state index in [1.165, 1.54) is 12.1 Å². The zero-order chi connectivity index (χ0) is 14.1. The number of halogens is 2. The van der Waals surface area contributed by atoms with Gasteiger partial charge in [0.05, 0.1) is 0 Å². The summed E-state index contributed by atoms with van der Waals surface area (Å²) < 4.78 is 19.3. The van der Waals surface area contributed by atoms with E-state index in [0.29, 0.717) is 6.04 Å². The van der Waals surface area contributed by atoms with E-state index in [2.05, 4.69) is 28.2 Å². The smallest absolute Gasteiger partial charge is 0.124 e. The Bertz CT molecular complexity index is 373. The van der Waals surface area contributed by atoms with Crippen molar-refractivity contribution < 1.29 is 9.13 Å². The van der Waals surface area contributed by atoms with Crippen molar-refractivity contribution in [3.8, 4) is 0 Å². The first-order valence-electron chi connectivity index (χ1n) is 6.92. The molecule has 1 unspecified atom stereocenters. The SMILES string of the molecule is CCCNC(CCOCC)Cc1ccc(F)cc1Br. The molecule has 1 aromatic rings. The standard InChI is InChI=1S/C15H23BrFNO/c1-3-8-18-14(7-9-19-4-2)10-12-5-6-13(17)11-15(12)16/h5-6,11,14,18H,3-4,7-10H2,1-2H3. The van der Waals surface area contributed by atoms with Gasteiger partial charge in [0, 0.05) is 23.7 Å². The van der Waals surface area contributed by atoms with Gasteiger partial charge in [-0.15, -0.1) is 0 Å². The Morgan fingerprint density at radius 1 is 1.37 bits per heavy atom. The Morgan fingerprint density at radius 3 is 2.79 bits per heavy atom. The fourth-order valence-electron chi connectivity index (χ4n) is 1.95. The molecule has 0 aliphatic rings. The molecule has 2 nitrogen and oxygen atoms in total. The van der Waals surface area contributed by atoms with Crippen LogP contribution in [0.4, 0.5) is 4.39 Å². The Hall–Kier alpha value is -0.450. The van der Waals surface area contributed by atoms with Gasteiger partial charge in [0.25, 0.3) is 0 Å². The van der Waals surface area contributed by atoms with E-state index in [-0.39, 0.29) is 5.82 Å². The van der Waals surface area contributed by atoms with Crippen molar-refractivity contribution in [2.24, 2.45) is 0 Å². The van der Waals surface area contributed by atoms with Crippen LogP contribution in [-0.4, -0.2) is 25.8 Å². The molecule has 0 heterocycles. The van der Waals surface area contributed by atoms with E-state index in [1.54, 1.807) is 0 Å². The molecule has 1 atom stereocenters. The number of hydrogen-bond acceptors (Lipinski definition) is 2. The third-order valence-electron chi connectivity index (χ3n) is 2.98. The van der Waals surface area contributed by atoms with Gasteiger partial charge in [-0.1, -0.05) is 28.9 Å². The van der Waals surface area contributed by atoms with Crippen molar-refractivity contribution >= 4 is 15.9 Å². The van der Waals surface area contributed by atoms with E-state index < -0.39 is 0 Å². The number of nitrogens with one attached hydrogen (secondary N) is 1. The molecule has 19 heavy (non-hydrogen) atoms. The van der Waals surface area contributed by atoms with Crippen LogP contribution < -0.4 is 5.32 Å². The van der Waals surface area contributed by atoms with Crippen LogP contribution in [0.25, 0.3) is 0 Å². The van der Waals surface area contributed by atoms with Crippen LogP contribution in [0.1, 0.15) is 32.3 Å². The summed E-state index contributed by atoms with van der Waals surface area (Å²) in [6.45, 7) is 6.67. The van der Waals surface area contributed by atoms with Gasteiger partial charge in [0.15, 0.2) is 0 Å². The predicted octanol–water partition coefficient (Wildman–Crippen LogP) is 3.93. The van der Waals surface area contributed by atoms with Crippen molar-refractivity contribution in [2.75, 3.05) is 19.8 Å². The lowest BCUT2D eigenvalue weighted by Gasteiger charge is -2.19. The summed E-state index contributed by atoms with van der Waals surface area (Å²) >= 11 is 3.43. The first kappa shape index (κ1) is 16.6. The highest BCUT2D eigenvalue weighted by Gasteiger charge is 2.11. The normalized spacial score (nSPS) is 12.6. The molecule has 0 spiro atoms. The van der Waals surface area contributed by atoms with E-state index in [0.717, 1.165) is 49.1 Å². The molecule has 0 aromatic heterocycles. The van der Waals surface area contributed by atoms with Crippen molar-refractivity contribution in [2.45, 2.75) is 39.2 Å². The van der Waals surface area contributed by atoms with E-state index >= 15 is 0 Å². The minimum absolute atomic E-state index is 0.206. The van der Waals surface area contributed by atoms with E-state index in [1.807, 2.05) is 13.0 Å². The van der Waals surface area contributed by atoms with Gasteiger partial charge in [0.1, 0.15) is 5.82 Å². The number of rotatable bonds is 9. The zero-order valence-electron chi connectivity index (χ0n) is 11.7. The summed E-state index contributed by atoms with van der Waals surface area (Å²) in [6.07, 6.45) is 2.96. The van der Waals surface area contributed by atoms with Gasteiger partial charge in [0.2, 0.25) is 0 Å². The second-order valence-corrected chi connectivity index (χ2v) is 5.43. The fraction of sp³-hybridized carbons (Fsp3) is 0.600. The molecular weight excluding hydrogens is 309 g/mol. The van der Waals surface area contributed by atoms with Gasteiger partial charge in [-0.25, -0.2) is 4.39 Å². The van der Waals surface area contributed by atoms with Crippen LogP contribution in [0.15, 0.2) is 22.7 Å². The molecule has 108 valence electrons. The highest BCUT2D eigenvalue weighted by molar-refractivity contribution is 9.10. The molecule has 0 radical (unpaired) electrons. The molecule has 0 aliphatic carbocycles. The molecule has 1 N–H and O–H groups in total. The van der Waals surface area contributed by atoms with Crippen LogP contribution in [0.3, 0.4) is 0 Å². The highest BCUT2D eigenvalue weighted by atomic mass is 79.9. The maximum Gasteiger partial charge on any atom is 0.124 e. The largest absolute Gasteiger partial charge is 0.382 e. The second-order valence-electron chi connectivity index (χ2n) is 4.58. The molecule has 0 amide bonds.